The Balaban J connectivity index is 2.11. The van der Waals surface area contributed by atoms with Crippen LogP contribution in [0.1, 0.15) is 24.8 Å². The van der Waals surface area contributed by atoms with Crippen molar-refractivity contribution in [3.63, 3.8) is 0 Å². The van der Waals surface area contributed by atoms with Crippen LogP contribution < -0.4 is 4.72 Å². The number of rotatable bonds is 5. The smallest absolute Gasteiger partial charge is 0.324 e. The summed E-state index contributed by atoms with van der Waals surface area (Å²) in [5, 5.41) is 9.07. The number of halogens is 1. The Kier molecular flexibility index (Phi) is 3.60. The topological polar surface area (TPSA) is 83.5 Å². The Labute approximate surface area is 110 Å². The fraction of sp³-hybridized carbons (Fsp3) is 0.417. The summed E-state index contributed by atoms with van der Waals surface area (Å²) in [5.41, 5.74) is -0.951. The second-order valence-corrected chi connectivity index (χ2v) is 6.45. The van der Waals surface area contributed by atoms with Gasteiger partial charge in [0.2, 0.25) is 10.0 Å². The van der Waals surface area contributed by atoms with E-state index in [2.05, 4.69) is 4.72 Å². The molecule has 0 aliphatic heterocycles. The monoisotopic (exact) mass is 287 g/mol. The van der Waals surface area contributed by atoms with Gasteiger partial charge in [-0.2, -0.15) is 4.72 Å². The average molecular weight is 287 g/mol. The zero-order valence-corrected chi connectivity index (χ0v) is 10.9. The molecule has 0 unspecified atom stereocenters. The molecule has 19 heavy (non-hydrogen) atoms. The molecule has 0 atom stereocenters. The van der Waals surface area contributed by atoms with Gasteiger partial charge < -0.3 is 5.11 Å². The first-order valence-electron chi connectivity index (χ1n) is 5.82. The van der Waals surface area contributed by atoms with E-state index < -0.39 is 27.3 Å². The van der Waals surface area contributed by atoms with Crippen molar-refractivity contribution in [2.24, 2.45) is 0 Å². The van der Waals surface area contributed by atoms with Gasteiger partial charge in [-0.1, -0.05) is 12.1 Å². The first kappa shape index (κ1) is 14.0. The predicted octanol–water partition coefficient (Wildman–Crippen LogP) is 1.25. The minimum atomic E-state index is -3.76. The molecule has 0 amide bonds. The maximum absolute atomic E-state index is 12.7. The summed E-state index contributed by atoms with van der Waals surface area (Å²) in [5.74, 6) is -1.96. The summed E-state index contributed by atoms with van der Waals surface area (Å²) in [6.07, 6.45) is 1.28. The SMILES string of the molecule is O=C(O)C1(NS(=O)(=O)Cc2ccc(F)cc2)CCC1. The van der Waals surface area contributed by atoms with Crippen LogP contribution in [-0.2, 0) is 20.6 Å². The molecule has 1 saturated carbocycles. The van der Waals surface area contributed by atoms with Gasteiger partial charge in [-0.05, 0) is 37.0 Å². The summed E-state index contributed by atoms with van der Waals surface area (Å²) < 4.78 is 38.8. The fourth-order valence-corrected chi connectivity index (χ4v) is 3.61. The number of carbonyl (C=O) groups is 1. The largest absolute Gasteiger partial charge is 0.480 e. The molecule has 1 aliphatic carbocycles. The van der Waals surface area contributed by atoms with Crippen molar-refractivity contribution >= 4 is 16.0 Å². The third kappa shape index (κ3) is 3.10. The Morgan fingerprint density at radius 1 is 1.32 bits per heavy atom. The number of aliphatic carboxylic acids is 1. The lowest BCUT2D eigenvalue weighted by molar-refractivity contribution is -0.147. The average Bonchev–Trinajstić information content (AvgIpc) is 2.26. The van der Waals surface area contributed by atoms with Crippen molar-refractivity contribution in [2.75, 3.05) is 0 Å². The van der Waals surface area contributed by atoms with E-state index in [9.17, 15) is 17.6 Å². The van der Waals surface area contributed by atoms with Crippen molar-refractivity contribution < 1.29 is 22.7 Å². The molecule has 0 bridgehead atoms. The van der Waals surface area contributed by atoms with E-state index in [1.807, 2.05) is 0 Å². The minimum Gasteiger partial charge on any atom is -0.480 e. The van der Waals surface area contributed by atoms with Crippen LogP contribution >= 0.6 is 0 Å². The Morgan fingerprint density at radius 2 is 1.89 bits per heavy atom. The Bertz CT molecular complexity index is 578. The first-order valence-corrected chi connectivity index (χ1v) is 7.48. The maximum Gasteiger partial charge on any atom is 0.324 e. The van der Waals surface area contributed by atoms with Crippen LogP contribution in [0, 0.1) is 5.82 Å². The summed E-state index contributed by atoms with van der Waals surface area (Å²) in [7, 11) is -3.76. The van der Waals surface area contributed by atoms with Gasteiger partial charge in [0.1, 0.15) is 11.4 Å². The molecule has 1 aromatic rings. The fourth-order valence-electron chi connectivity index (χ4n) is 2.02. The minimum absolute atomic E-state index is 0.297. The maximum atomic E-state index is 12.7. The third-order valence-electron chi connectivity index (χ3n) is 3.24. The lowest BCUT2D eigenvalue weighted by atomic mass is 9.78. The molecule has 2 rings (SSSR count). The number of benzene rings is 1. The van der Waals surface area contributed by atoms with E-state index in [-0.39, 0.29) is 5.75 Å². The molecular formula is C12H14FNO4S. The zero-order chi connectivity index (χ0) is 14.1. The molecule has 5 nitrogen and oxygen atoms in total. The molecule has 0 radical (unpaired) electrons. The summed E-state index contributed by atoms with van der Waals surface area (Å²) in [6.45, 7) is 0. The predicted molar refractivity (Wildman–Crippen MR) is 66.4 cm³/mol. The van der Waals surface area contributed by atoms with Crippen molar-refractivity contribution in [3.8, 4) is 0 Å². The van der Waals surface area contributed by atoms with Crippen molar-refractivity contribution in [3.05, 3.63) is 35.6 Å². The number of carboxylic acid groups (broad SMARTS) is 1. The molecule has 7 heteroatoms. The van der Waals surface area contributed by atoms with Gasteiger partial charge in [-0.3, -0.25) is 4.79 Å². The van der Waals surface area contributed by atoms with Gasteiger partial charge in [0.25, 0.3) is 0 Å². The molecular weight excluding hydrogens is 273 g/mol. The van der Waals surface area contributed by atoms with Gasteiger partial charge in [0, 0.05) is 0 Å². The molecule has 2 N–H and O–H groups in total. The highest BCUT2D eigenvalue weighted by Crippen LogP contribution is 2.33. The van der Waals surface area contributed by atoms with Crippen LogP contribution in [0.15, 0.2) is 24.3 Å². The highest BCUT2D eigenvalue weighted by Gasteiger charge is 2.47. The Hall–Kier alpha value is -1.47. The van der Waals surface area contributed by atoms with Crippen LogP contribution in [-0.4, -0.2) is 25.0 Å². The van der Waals surface area contributed by atoms with E-state index in [0.29, 0.717) is 24.8 Å². The highest BCUT2D eigenvalue weighted by atomic mass is 32.2. The van der Waals surface area contributed by atoms with Crippen LogP contribution in [0.25, 0.3) is 0 Å². The van der Waals surface area contributed by atoms with Crippen LogP contribution in [0.3, 0.4) is 0 Å². The van der Waals surface area contributed by atoms with Crippen molar-refractivity contribution in [2.45, 2.75) is 30.6 Å². The quantitative estimate of drug-likeness (QED) is 0.853. The molecule has 0 heterocycles. The van der Waals surface area contributed by atoms with Gasteiger partial charge in [-0.15, -0.1) is 0 Å². The molecule has 0 aromatic heterocycles. The van der Waals surface area contributed by atoms with E-state index in [4.69, 9.17) is 5.11 Å². The summed E-state index contributed by atoms with van der Waals surface area (Å²) >= 11 is 0. The molecule has 0 spiro atoms. The molecule has 1 aromatic carbocycles. The van der Waals surface area contributed by atoms with Gasteiger partial charge in [-0.25, -0.2) is 12.8 Å². The van der Waals surface area contributed by atoms with E-state index in [0.717, 1.165) is 0 Å². The number of carboxylic acids is 1. The van der Waals surface area contributed by atoms with Gasteiger partial charge in [0.05, 0.1) is 5.75 Å². The number of nitrogens with one attached hydrogen (secondary N) is 1. The van der Waals surface area contributed by atoms with Crippen LogP contribution in [0.2, 0.25) is 0 Å². The standard InChI is InChI=1S/C12H14FNO4S/c13-10-4-2-9(3-5-10)8-19(17,18)14-12(11(15)16)6-1-7-12/h2-5,14H,1,6-8H2,(H,15,16). The normalized spacial score (nSPS) is 17.7. The van der Waals surface area contributed by atoms with E-state index in [1.165, 1.54) is 24.3 Å². The summed E-state index contributed by atoms with van der Waals surface area (Å²) in [4.78, 5) is 11.1. The molecule has 1 fully saturated rings. The number of hydrogen-bond donors (Lipinski definition) is 2. The first-order chi connectivity index (χ1) is 8.83. The second kappa shape index (κ2) is 4.90. The highest BCUT2D eigenvalue weighted by molar-refractivity contribution is 7.88. The molecule has 104 valence electrons. The number of hydrogen-bond acceptors (Lipinski definition) is 3. The van der Waals surface area contributed by atoms with Crippen LogP contribution in [0.4, 0.5) is 4.39 Å². The van der Waals surface area contributed by atoms with Crippen molar-refractivity contribution in [1.29, 1.82) is 0 Å². The molecule has 1 aliphatic rings. The zero-order valence-electron chi connectivity index (χ0n) is 10.1. The van der Waals surface area contributed by atoms with Crippen molar-refractivity contribution in [1.82, 2.24) is 4.72 Å². The van der Waals surface area contributed by atoms with Crippen LogP contribution in [0.5, 0.6) is 0 Å². The lowest BCUT2D eigenvalue weighted by Gasteiger charge is -2.37. The van der Waals surface area contributed by atoms with E-state index in [1.54, 1.807) is 0 Å². The second-order valence-electron chi connectivity index (χ2n) is 4.73. The van der Waals surface area contributed by atoms with E-state index >= 15 is 0 Å². The van der Waals surface area contributed by atoms with Gasteiger partial charge >= 0.3 is 5.97 Å². The van der Waals surface area contributed by atoms with Gasteiger partial charge in [0.15, 0.2) is 0 Å². The summed E-state index contributed by atoms with van der Waals surface area (Å²) in [6, 6.07) is 5.06. The third-order valence-corrected chi connectivity index (χ3v) is 4.65. The molecule has 0 saturated heterocycles. The lowest BCUT2D eigenvalue weighted by Crippen LogP contribution is -2.59. The Morgan fingerprint density at radius 3 is 2.32 bits per heavy atom. The number of sulfonamides is 1.